The molecule has 0 aliphatic heterocycles. The summed E-state index contributed by atoms with van der Waals surface area (Å²) < 4.78 is 28.6. The van der Waals surface area contributed by atoms with E-state index in [0.717, 1.165) is 5.56 Å². The second-order valence-corrected chi connectivity index (χ2v) is 9.74. The van der Waals surface area contributed by atoms with Crippen LogP contribution in [0.5, 0.6) is 0 Å². The Balaban J connectivity index is 1.85. The van der Waals surface area contributed by atoms with Crippen LogP contribution in [-0.2, 0) is 10.0 Å². The maximum absolute atomic E-state index is 12.7. The van der Waals surface area contributed by atoms with Gasteiger partial charge in [-0.25, -0.2) is 8.42 Å². The van der Waals surface area contributed by atoms with Crippen molar-refractivity contribution in [2.45, 2.75) is 16.2 Å². The third-order valence-corrected chi connectivity index (χ3v) is 7.27. The Labute approximate surface area is 175 Å². The summed E-state index contributed by atoms with van der Waals surface area (Å²) >= 11 is 8.72. The normalized spacial score (nSPS) is 11.2. The molecule has 1 aromatic heterocycles. The molecule has 0 radical (unpaired) electrons. The Bertz CT molecular complexity index is 1110. The highest BCUT2D eigenvalue weighted by molar-refractivity contribution is 8.00. The molecule has 2 aromatic carbocycles. The number of carbonyl (C=O) groups is 1. The van der Waals surface area contributed by atoms with E-state index in [-0.39, 0.29) is 15.5 Å². The van der Waals surface area contributed by atoms with Gasteiger partial charge in [-0.15, -0.1) is 10.2 Å². The summed E-state index contributed by atoms with van der Waals surface area (Å²) in [6, 6.07) is 10.9. The first-order valence-corrected chi connectivity index (χ1v) is 11.8. The Kier molecular flexibility index (Phi) is 6.23. The number of aromatic nitrogens is 2. The molecule has 11 heteroatoms. The number of sulfonamides is 1. The summed E-state index contributed by atoms with van der Waals surface area (Å²) in [5.41, 5.74) is 1.53. The Morgan fingerprint density at radius 3 is 2.50 bits per heavy atom. The maximum Gasteiger partial charge on any atom is 0.263 e. The van der Waals surface area contributed by atoms with Crippen molar-refractivity contribution in [3.8, 4) is 0 Å². The lowest BCUT2D eigenvalue weighted by Gasteiger charge is -2.11. The number of hydrogen-bond donors (Lipinski definition) is 2. The van der Waals surface area contributed by atoms with Gasteiger partial charge in [0.25, 0.3) is 15.9 Å². The quantitative estimate of drug-likeness (QED) is 0.426. The van der Waals surface area contributed by atoms with E-state index in [1.165, 1.54) is 41.3 Å². The lowest BCUT2D eigenvalue weighted by Crippen LogP contribution is -2.16. The van der Waals surface area contributed by atoms with Crippen LogP contribution in [0.4, 0.5) is 10.8 Å². The molecule has 0 atom stereocenters. The fraction of sp³-hybridized carbons (Fsp3) is 0.118. The van der Waals surface area contributed by atoms with Gasteiger partial charge < -0.3 is 0 Å². The summed E-state index contributed by atoms with van der Waals surface area (Å²) in [4.78, 5) is 12.3. The summed E-state index contributed by atoms with van der Waals surface area (Å²) in [7, 11) is -3.98. The number of aryl methyl sites for hydroxylation is 1. The number of nitrogens with one attached hydrogen (secondary N) is 2. The van der Waals surface area contributed by atoms with Gasteiger partial charge in [-0.2, -0.15) is 0 Å². The van der Waals surface area contributed by atoms with Crippen molar-refractivity contribution in [1.29, 1.82) is 0 Å². The maximum atomic E-state index is 12.7. The highest BCUT2D eigenvalue weighted by atomic mass is 35.5. The number of benzene rings is 2. The largest absolute Gasteiger partial charge is 0.296 e. The minimum atomic E-state index is -3.98. The van der Waals surface area contributed by atoms with Crippen molar-refractivity contribution < 1.29 is 13.2 Å². The van der Waals surface area contributed by atoms with E-state index < -0.39 is 15.9 Å². The first kappa shape index (κ1) is 20.6. The van der Waals surface area contributed by atoms with Gasteiger partial charge in [-0.3, -0.25) is 14.8 Å². The lowest BCUT2D eigenvalue weighted by atomic mass is 10.2. The third kappa shape index (κ3) is 4.82. The Morgan fingerprint density at radius 2 is 1.86 bits per heavy atom. The topological polar surface area (TPSA) is 101 Å². The molecule has 1 amide bonds. The second kappa shape index (κ2) is 8.48. The molecule has 7 nitrogen and oxygen atoms in total. The lowest BCUT2D eigenvalue weighted by molar-refractivity contribution is 0.102. The molecule has 0 aliphatic carbocycles. The number of anilines is 2. The van der Waals surface area contributed by atoms with Crippen molar-refractivity contribution in [1.82, 2.24) is 10.2 Å². The molecule has 0 bridgehead atoms. The van der Waals surface area contributed by atoms with Gasteiger partial charge in [0, 0.05) is 11.3 Å². The van der Waals surface area contributed by atoms with Crippen molar-refractivity contribution in [3.63, 3.8) is 0 Å². The van der Waals surface area contributed by atoms with Crippen LogP contribution >= 0.6 is 34.7 Å². The number of thioether (sulfide) groups is 1. The van der Waals surface area contributed by atoms with Crippen molar-refractivity contribution in [3.05, 3.63) is 58.6 Å². The summed E-state index contributed by atoms with van der Waals surface area (Å²) in [6.07, 6.45) is 1.85. The molecule has 0 fully saturated rings. The molecule has 0 saturated heterocycles. The first-order chi connectivity index (χ1) is 13.3. The smallest absolute Gasteiger partial charge is 0.263 e. The van der Waals surface area contributed by atoms with Crippen LogP contribution in [0.15, 0.2) is 51.7 Å². The molecule has 146 valence electrons. The average Bonchev–Trinajstić information content (AvgIpc) is 3.11. The van der Waals surface area contributed by atoms with Gasteiger partial charge in [-0.1, -0.05) is 52.4 Å². The monoisotopic (exact) mass is 454 g/mol. The minimum Gasteiger partial charge on any atom is -0.296 e. The highest BCUT2D eigenvalue weighted by Crippen LogP contribution is 2.27. The molecular formula is C17H15ClN4O3S3. The number of halogens is 1. The van der Waals surface area contributed by atoms with E-state index >= 15 is 0 Å². The van der Waals surface area contributed by atoms with Crippen LogP contribution in [0, 0.1) is 6.92 Å². The van der Waals surface area contributed by atoms with Gasteiger partial charge >= 0.3 is 0 Å². The van der Waals surface area contributed by atoms with Crippen LogP contribution in [0.25, 0.3) is 0 Å². The van der Waals surface area contributed by atoms with Gasteiger partial charge in [0.15, 0.2) is 4.34 Å². The molecular weight excluding hydrogens is 440 g/mol. The molecule has 2 N–H and O–H groups in total. The van der Waals surface area contributed by atoms with Crippen molar-refractivity contribution in [2.24, 2.45) is 0 Å². The third-order valence-electron chi connectivity index (χ3n) is 3.59. The van der Waals surface area contributed by atoms with Gasteiger partial charge in [0.2, 0.25) is 5.13 Å². The first-order valence-electron chi connectivity index (χ1n) is 7.86. The van der Waals surface area contributed by atoms with Crippen LogP contribution in [0.1, 0.15) is 15.9 Å². The molecule has 1 heterocycles. The van der Waals surface area contributed by atoms with E-state index in [1.807, 2.05) is 13.2 Å². The van der Waals surface area contributed by atoms with Crippen molar-refractivity contribution >= 4 is 61.4 Å². The zero-order valence-corrected chi connectivity index (χ0v) is 18.0. The van der Waals surface area contributed by atoms with E-state index in [0.29, 0.717) is 15.2 Å². The van der Waals surface area contributed by atoms with Gasteiger partial charge in [-0.05, 0) is 43.5 Å². The predicted molar refractivity (Wildman–Crippen MR) is 113 cm³/mol. The van der Waals surface area contributed by atoms with Gasteiger partial charge in [0.1, 0.15) is 4.90 Å². The average molecular weight is 455 g/mol. The standard InChI is InChI=1S/C17H15ClN4O3S3/c1-10-3-6-12(7-4-10)22-28(24,25)14-9-11(5-8-13(14)18)15(23)19-16-20-21-17(26-2)27-16/h3-9,22H,1-2H3,(H,19,20,23). The molecule has 3 rings (SSSR count). The number of hydrogen-bond acceptors (Lipinski definition) is 7. The van der Waals surface area contributed by atoms with Crippen LogP contribution < -0.4 is 10.0 Å². The van der Waals surface area contributed by atoms with E-state index in [4.69, 9.17) is 11.6 Å². The van der Waals surface area contributed by atoms with Crippen LogP contribution in [-0.4, -0.2) is 30.8 Å². The number of nitrogens with zero attached hydrogens (tertiary/aromatic N) is 2. The Morgan fingerprint density at radius 1 is 1.14 bits per heavy atom. The number of amides is 1. The second-order valence-electron chi connectivity index (χ2n) is 5.65. The number of carbonyl (C=O) groups excluding carboxylic acids is 1. The van der Waals surface area contributed by atoms with Crippen LogP contribution in [0.2, 0.25) is 5.02 Å². The fourth-order valence-corrected chi connectivity index (χ4v) is 4.94. The molecule has 28 heavy (non-hydrogen) atoms. The van der Waals surface area contributed by atoms with Crippen molar-refractivity contribution in [2.75, 3.05) is 16.3 Å². The number of rotatable bonds is 6. The summed E-state index contributed by atoms with van der Waals surface area (Å²) in [5.74, 6) is -0.507. The van der Waals surface area contributed by atoms with E-state index in [1.54, 1.807) is 24.3 Å². The summed E-state index contributed by atoms with van der Waals surface area (Å²) in [5, 5.41) is 10.7. The highest BCUT2D eigenvalue weighted by Gasteiger charge is 2.21. The van der Waals surface area contributed by atoms with E-state index in [9.17, 15) is 13.2 Å². The molecule has 0 aliphatic rings. The van der Waals surface area contributed by atoms with Crippen LogP contribution in [0.3, 0.4) is 0 Å². The van der Waals surface area contributed by atoms with E-state index in [2.05, 4.69) is 20.2 Å². The fourth-order valence-electron chi connectivity index (χ4n) is 2.19. The SMILES string of the molecule is CSc1nnc(NC(=O)c2ccc(Cl)c(S(=O)(=O)Nc3ccc(C)cc3)c2)s1. The van der Waals surface area contributed by atoms with Gasteiger partial charge in [0.05, 0.1) is 5.02 Å². The zero-order chi connectivity index (χ0) is 20.3. The summed E-state index contributed by atoms with van der Waals surface area (Å²) in [6.45, 7) is 1.90. The molecule has 0 spiro atoms. The molecule has 0 saturated carbocycles. The molecule has 3 aromatic rings. The zero-order valence-electron chi connectivity index (χ0n) is 14.8. The molecule has 0 unspecified atom stereocenters. The Hall–Kier alpha value is -2.14. The minimum absolute atomic E-state index is 0.0109. The predicted octanol–water partition coefficient (Wildman–Crippen LogP) is 4.27.